The van der Waals surface area contributed by atoms with Crippen LogP contribution in [0.4, 0.5) is 0 Å². The molecule has 16 aromatic carbocycles. The summed E-state index contributed by atoms with van der Waals surface area (Å²) < 4.78 is 9.52. The molecule has 0 aliphatic carbocycles. The molecule has 0 unspecified atom stereocenters. The molecular weight excluding hydrogens is 1370 g/mol. The quantitative estimate of drug-likeness (QED) is 0.114. The normalized spacial score (nSPS) is 11.8. The standard InChI is InChI=1S/C102H64N10/c1-5-22-66(23-6-1)97-103-98(67-24-7-2-8-25-67)105-100(104-97)69-44-54-80(55-45-69)112-90-37-18-14-33-82(90)86-57-47-75(64-96(86)112)73-48-58-93-87(62-73)83-34-15-19-38-91(83)109(93)78-50-40-65(41-51-78)71-28-21-29-76(60-71)102-107-99(68-26-9-3-10-27-68)106-101(108-102)70-42-52-79(53-43-70)110-92-39-20-16-35-84(92)88-61-72(49-59-94(88)110)74-46-56-85-81-32-13-17-36-89(81)111(95(85)63-74)77-30-11-4-12-31-77/h1-64H. The third-order valence-electron chi connectivity index (χ3n) is 22.1. The fourth-order valence-electron chi connectivity index (χ4n) is 16.7. The van der Waals surface area contributed by atoms with Crippen LogP contribution in [0, 0.1) is 0 Å². The van der Waals surface area contributed by atoms with Crippen molar-refractivity contribution in [1.29, 1.82) is 0 Å². The van der Waals surface area contributed by atoms with E-state index >= 15 is 0 Å². The Balaban J connectivity index is 0.564. The van der Waals surface area contributed by atoms with Crippen molar-refractivity contribution in [3.05, 3.63) is 388 Å². The molecule has 522 valence electrons. The number of para-hydroxylation sites is 5. The highest BCUT2D eigenvalue weighted by Crippen LogP contribution is 2.43. The summed E-state index contributed by atoms with van der Waals surface area (Å²) in [4.78, 5) is 30.7. The molecule has 0 fully saturated rings. The van der Waals surface area contributed by atoms with E-state index in [9.17, 15) is 0 Å². The molecule has 0 spiro atoms. The van der Waals surface area contributed by atoms with Crippen molar-refractivity contribution in [2.24, 2.45) is 0 Å². The summed E-state index contributed by atoms with van der Waals surface area (Å²) in [5, 5.41) is 9.61. The maximum Gasteiger partial charge on any atom is 0.164 e. The first-order valence-electron chi connectivity index (χ1n) is 37.8. The van der Waals surface area contributed by atoms with Crippen LogP contribution in [0.25, 0.3) is 212 Å². The van der Waals surface area contributed by atoms with Gasteiger partial charge in [-0.3, -0.25) is 0 Å². The van der Waals surface area contributed by atoms with Crippen LogP contribution < -0.4 is 0 Å². The Morgan fingerprint density at radius 3 is 0.741 bits per heavy atom. The molecule has 10 heteroatoms. The molecule has 0 aliphatic heterocycles. The van der Waals surface area contributed by atoms with Crippen molar-refractivity contribution in [2.75, 3.05) is 0 Å². The molecule has 0 aliphatic rings. The highest BCUT2D eigenvalue weighted by atomic mass is 15.1. The number of nitrogens with zero attached hydrogens (tertiary/aromatic N) is 10. The van der Waals surface area contributed by atoms with Crippen LogP contribution in [0.3, 0.4) is 0 Å². The third kappa shape index (κ3) is 10.9. The molecule has 112 heavy (non-hydrogen) atoms. The van der Waals surface area contributed by atoms with Crippen molar-refractivity contribution in [1.82, 2.24) is 48.2 Å². The van der Waals surface area contributed by atoms with E-state index in [2.05, 4.69) is 328 Å². The summed E-state index contributed by atoms with van der Waals surface area (Å²) in [6, 6.07) is 138. The van der Waals surface area contributed by atoms with Crippen LogP contribution in [-0.2, 0) is 0 Å². The van der Waals surface area contributed by atoms with Crippen LogP contribution in [0.5, 0.6) is 0 Å². The van der Waals surface area contributed by atoms with Gasteiger partial charge in [0.05, 0.1) is 44.1 Å². The van der Waals surface area contributed by atoms with Gasteiger partial charge in [0.1, 0.15) is 0 Å². The van der Waals surface area contributed by atoms with Gasteiger partial charge >= 0.3 is 0 Å². The number of benzene rings is 16. The van der Waals surface area contributed by atoms with Gasteiger partial charge in [-0.1, -0.05) is 249 Å². The Morgan fingerprint density at radius 1 is 0.125 bits per heavy atom. The first kappa shape index (κ1) is 64.0. The molecule has 0 radical (unpaired) electrons. The van der Waals surface area contributed by atoms with Crippen molar-refractivity contribution >= 4 is 87.2 Å². The minimum atomic E-state index is 0.594. The van der Waals surface area contributed by atoms with Crippen molar-refractivity contribution in [3.8, 4) is 124 Å². The average Bonchev–Trinajstić information content (AvgIpc) is 1.59. The minimum Gasteiger partial charge on any atom is -0.309 e. The first-order valence-corrected chi connectivity index (χ1v) is 37.8. The predicted octanol–water partition coefficient (Wildman–Crippen LogP) is 25.4. The van der Waals surface area contributed by atoms with Gasteiger partial charge in [0.15, 0.2) is 34.9 Å². The molecule has 0 bridgehead atoms. The second-order valence-corrected chi connectivity index (χ2v) is 28.6. The van der Waals surface area contributed by atoms with Gasteiger partial charge in [-0.25, -0.2) is 29.9 Å². The van der Waals surface area contributed by atoms with E-state index in [4.69, 9.17) is 29.9 Å². The summed E-state index contributed by atoms with van der Waals surface area (Å²) in [6.07, 6.45) is 0. The molecule has 6 aromatic heterocycles. The maximum absolute atomic E-state index is 5.28. The average molecular weight is 1430 g/mol. The number of hydrogen-bond donors (Lipinski definition) is 0. The zero-order valence-electron chi connectivity index (χ0n) is 60.4. The summed E-state index contributed by atoms with van der Waals surface area (Å²) in [5.41, 5.74) is 25.7. The Kier molecular flexibility index (Phi) is 15.0. The Bertz CT molecular complexity index is 7390. The van der Waals surface area contributed by atoms with Gasteiger partial charge in [-0.2, -0.15) is 0 Å². The summed E-state index contributed by atoms with van der Waals surface area (Å²) in [6.45, 7) is 0. The van der Waals surface area contributed by atoms with E-state index in [1.165, 1.54) is 59.7 Å². The zero-order valence-corrected chi connectivity index (χ0v) is 60.4. The molecule has 22 rings (SSSR count). The second-order valence-electron chi connectivity index (χ2n) is 28.6. The molecule has 0 amide bonds. The van der Waals surface area contributed by atoms with E-state index < -0.39 is 0 Å². The summed E-state index contributed by atoms with van der Waals surface area (Å²) in [7, 11) is 0. The fraction of sp³-hybridized carbons (Fsp3) is 0. The Morgan fingerprint density at radius 2 is 0.357 bits per heavy atom. The third-order valence-corrected chi connectivity index (χ3v) is 22.1. The van der Waals surface area contributed by atoms with Gasteiger partial charge < -0.3 is 18.3 Å². The number of hydrogen-bond acceptors (Lipinski definition) is 6. The van der Waals surface area contributed by atoms with E-state index in [1.54, 1.807) is 0 Å². The van der Waals surface area contributed by atoms with Crippen LogP contribution in [0.1, 0.15) is 0 Å². The van der Waals surface area contributed by atoms with Crippen molar-refractivity contribution in [3.63, 3.8) is 0 Å². The summed E-state index contributed by atoms with van der Waals surface area (Å²) in [5.74, 6) is 3.68. The van der Waals surface area contributed by atoms with E-state index in [0.29, 0.717) is 34.9 Å². The van der Waals surface area contributed by atoms with Gasteiger partial charge in [-0.05, 0) is 173 Å². The van der Waals surface area contributed by atoms with Crippen LogP contribution in [0.15, 0.2) is 388 Å². The summed E-state index contributed by atoms with van der Waals surface area (Å²) >= 11 is 0. The van der Waals surface area contributed by atoms with Crippen LogP contribution >= 0.6 is 0 Å². The molecule has 22 aromatic rings. The second kappa shape index (κ2) is 26.3. The highest BCUT2D eigenvalue weighted by Gasteiger charge is 2.22. The zero-order chi connectivity index (χ0) is 73.7. The van der Waals surface area contributed by atoms with E-state index in [1.807, 2.05) is 78.9 Å². The van der Waals surface area contributed by atoms with Crippen molar-refractivity contribution < 1.29 is 0 Å². The van der Waals surface area contributed by atoms with E-state index in [0.717, 1.165) is 117 Å². The van der Waals surface area contributed by atoms with Gasteiger partial charge in [0.2, 0.25) is 0 Å². The lowest BCUT2D eigenvalue weighted by Crippen LogP contribution is -2.00. The Hall–Kier alpha value is -15.3. The van der Waals surface area contributed by atoms with Gasteiger partial charge in [0.25, 0.3) is 0 Å². The fourth-order valence-corrected chi connectivity index (χ4v) is 16.7. The molecule has 0 atom stereocenters. The molecular formula is C102H64N10. The maximum atomic E-state index is 5.28. The smallest absolute Gasteiger partial charge is 0.164 e. The van der Waals surface area contributed by atoms with E-state index in [-0.39, 0.29) is 0 Å². The van der Waals surface area contributed by atoms with Crippen LogP contribution in [0.2, 0.25) is 0 Å². The molecule has 6 heterocycles. The SMILES string of the molecule is c1ccc(-c2nc(-c3ccccc3)nc(-c3ccc(-n4c5ccccc5c5ccc(-c6ccc7c(c6)c6ccccc6n7-c6ccc(-c7cccc(-c8nc(-c9ccccc9)nc(-c9ccc(-n%10c%11ccccc%11c%11cc(-c%12ccc%13c%14ccccc%14n(-c%14ccccc%14)c%13c%12)ccc%11%10)cc9)n8)c7)cc6)cc54)cc3)n2)cc1. The number of fused-ring (bicyclic) bond motifs is 12. The highest BCUT2D eigenvalue weighted by molar-refractivity contribution is 6.15. The monoisotopic (exact) mass is 1430 g/mol. The minimum absolute atomic E-state index is 0.594. The molecule has 0 saturated heterocycles. The van der Waals surface area contributed by atoms with Gasteiger partial charge in [0, 0.05) is 99.2 Å². The molecule has 0 saturated carbocycles. The Labute approximate surface area is 644 Å². The lowest BCUT2D eigenvalue weighted by molar-refractivity contribution is 1.07. The van der Waals surface area contributed by atoms with Crippen molar-refractivity contribution in [2.45, 2.75) is 0 Å². The lowest BCUT2D eigenvalue weighted by atomic mass is 10.0. The lowest BCUT2D eigenvalue weighted by Gasteiger charge is -2.12. The van der Waals surface area contributed by atoms with Gasteiger partial charge in [-0.15, -0.1) is 0 Å². The predicted molar refractivity (Wildman–Crippen MR) is 459 cm³/mol. The number of rotatable bonds is 13. The topological polar surface area (TPSA) is 97.1 Å². The number of aromatic nitrogens is 10. The first-order chi connectivity index (χ1) is 55.5. The van der Waals surface area contributed by atoms with Crippen LogP contribution in [-0.4, -0.2) is 48.2 Å². The molecule has 10 nitrogen and oxygen atoms in total. The largest absolute Gasteiger partial charge is 0.309 e. The molecule has 0 N–H and O–H groups in total.